The molecule has 0 spiro atoms. The number of nitrogens with two attached hydrogens (primary N) is 1. The molecule has 1 fully saturated rings. The highest BCUT2D eigenvalue weighted by molar-refractivity contribution is 5.29. The maximum absolute atomic E-state index is 13.7. The van der Waals surface area contributed by atoms with Crippen molar-refractivity contribution in [2.24, 2.45) is 11.7 Å². The van der Waals surface area contributed by atoms with Gasteiger partial charge in [-0.2, -0.15) is 0 Å². The number of benzene rings is 1. The second-order valence-corrected chi connectivity index (χ2v) is 4.31. The first-order chi connectivity index (χ1) is 7.11. The minimum Gasteiger partial charge on any atom is -0.324 e. The highest BCUT2D eigenvalue weighted by Gasteiger charge is 2.29. The predicted octanol–water partition coefficient (Wildman–Crippen LogP) is 3.07. The summed E-state index contributed by atoms with van der Waals surface area (Å²) in [6.45, 7) is 1.63. The van der Waals surface area contributed by atoms with Crippen LogP contribution in [-0.4, -0.2) is 0 Å². The van der Waals surface area contributed by atoms with E-state index in [1.165, 1.54) is 12.1 Å². The Labute approximate surface area is 88.3 Å². The van der Waals surface area contributed by atoms with E-state index in [1.807, 2.05) is 0 Å². The topological polar surface area (TPSA) is 26.0 Å². The van der Waals surface area contributed by atoms with Gasteiger partial charge in [-0.1, -0.05) is 12.5 Å². The predicted molar refractivity (Wildman–Crippen MR) is 55.4 cm³/mol. The van der Waals surface area contributed by atoms with Gasteiger partial charge in [0.25, 0.3) is 0 Å². The molecule has 2 N–H and O–H groups in total. The summed E-state index contributed by atoms with van der Waals surface area (Å²) >= 11 is 0. The van der Waals surface area contributed by atoms with Gasteiger partial charge in [0.1, 0.15) is 11.6 Å². The van der Waals surface area contributed by atoms with Gasteiger partial charge in [-0.3, -0.25) is 0 Å². The Kier molecular flexibility index (Phi) is 2.74. The molecule has 0 aliphatic heterocycles. The Hall–Kier alpha value is -0.960. The Morgan fingerprint density at radius 2 is 2.00 bits per heavy atom. The maximum Gasteiger partial charge on any atom is 0.133 e. The van der Waals surface area contributed by atoms with Crippen LogP contribution in [0.2, 0.25) is 0 Å². The summed E-state index contributed by atoms with van der Waals surface area (Å²) in [6.07, 6.45) is 3.08. The van der Waals surface area contributed by atoms with Gasteiger partial charge in [0.2, 0.25) is 0 Å². The van der Waals surface area contributed by atoms with Crippen molar-refractivity contribution in [1.82, 2.24) is 0 Å². The lowest BCUT2D eigenvalue weighted by atomic mass is 9.77. The van der Waals surface area contributed by atoms with Crippen LogP contribution < -0.4 is 5.73 Å². The Morgan fingerprint density at radius 1 is 1.33 bits per heavy atom. The lowest BCUT2D eigenvalue weighted by Crippen LogP contribution is -2.28. The van der Waals surface area contributed by atoms with E-state index in [-0.39, 0.29) is 11.5 Å². The molecule has 15 heavy (non-hydrogen) atoms. The lowest BCUT2D eigenvalue weighted by molar-refractivity contribution is 0.256. The average molecular weight is 211 g/mol. The summed E-state index contributed by atoms with van der Waals surface area (Å²) in [5.74, 6) is -0.748. The van der Waals surface area contributed by atoms with Gasteiger partial charge in [0, 0.05) is 11.6 Å². The van der Waals surface area contributed by atoms with E-state index in [0.717, 1.165) is 19.3 Å². The van der Waals surface area contributed by atoms with Crippen LogP contribution in [0.3, 0.4) is 0 Å². The van der Waals surface area contributed by atoms with E-state index >= 15 is 0 Å². The van der Waals surface area contributed by atoms with E-state index in [1.54, 1.807) is 6.92 Å². The molecule has 0 radical (unpaired) electrons. The molecule has 82 valence electrons. The lowest BCUT2D eigenvalue weighted by Gasteiger charge is -2.32. The summed E-state index contributed by atoms with van der Waals surface area (Å²) < 4.78 is 27.2. The molecule has 0 bridgehead atoms. The number of hydrogen-bond donors (Lipinski definition) is 1. The Morgan fingerprint density at radius 3 is 2.53 bits per heavy atom. The fourth-order valence-electron chi connectivity index (χ4n) is 2.02. The molecule has 1 aromatic carbocycles. The molecular weight excluding hydrogens is 196 g/mol. The molecule has 2 rings (SSSR count). The number of aryl methyl sites for hydroxylation is 1. The van der Waals surface area contributed by atoms with E-state index < -0.39 is 17.7 Å². The molecule has 1 nitrogen and oxygen atoms in total. The highest BCUT2D eigenvalue weighted by atomic mass is 19.1. The van der Waals surface area contributed by atoms with E-state index in [0.29, 0.717) is 5.56 Å². The van der Waals surface area contributed by atoms with Crippen LogP contribution >= 0.6 is 0 Å². The van der Waals surface area contributed by atoms with Crippen LogP contribution in [0.25, 0.3) is 0 Å². The van der Waals surface area contributed by atoms with Crippen molar-refractivity contribution >= 4 is 0 Å². The van der Waals surface area contributed by atoms with Crippen LogP contribution in [0.5, 0.6) is 0 Å². The third-order valence-corrected chi connectivity index (χ3v) is 3.31. The van der Waals surface area contributed by atoms with Crippen LogP contribution in [0, 0.1) is 24.5 Å². The van der Waals surface area contributed by atoms with Crippen molar-refractivity contribution in [2.45, 2.75) is 32.2 Å². The molecule has 0 aromatic heterocycles. The van der Waals surface area contributed by atoms with Gasteiger partial charge < -0.3 is 5.73 Å². The third-order valence-electron chi connectivity index (χ3n) is 3.31. The first-order valence-corrected chi connectivity index (χ1v) is 5.31. The average Bonchev–Trinajstić information content (AvgIpc) is 2.09. The minimum absolute atomic E-state index is 0.0692. The summed E-state index contributed by atoms with van der Waals surface area (Å²) in [5, 5.41) is 0. The zero-order valence-corrected chi connectivity index (χ0v) is 8.76. The second kappa shape index (κ2) is 3.89. The zero-order chi connectivity index (χ0) is 11.0. The van der Waals surface area contributed by atoms with Crippen molar-refractivity contribution in [2.75, 3.05) is 0 Å². The third kappa shape index (κ3) is 1.76. The van der Waals surface area contributed by atoms with E-state index in [4.69, 9.17) is 5.73 Å². The molecule has 3 heteroatoms. The molecule has 0 heterocycles. The van der Waals surface area contributed by atoms with E-state index in [2.05, 4.69) is 0 Å². The summed E-state index contributed by atoms with van der Waals surface area (Å²) in [6, 6.07) is 2.26. The molecule has 0 saturated heterocycles. The molecule has 1 atom stereocenters. The van der Waals surface area contributed by atoms with Gasteiger partial charge in [0.05, 0.1) is 0 Å². The smallest absolute Gasteiger partial charge is 0.133 e. The number of halogens is 2. The monoisotopic (exact) mass is 211 g/mol. The van der Waals surface area contributed by atoms with Crippen LogP contribution in [0.1, 0.15) is 36.4 Å². The van der Waals surface area contributed by atoms with Crippen molar-refractivity contribution in [3.05, 3.63) is 34.9 Å². The SMILES string of the molecule is Cc1ccc(F)c([C@@H](N)C2CCC2)c1F. The number of hydrogen-bond acceptors (Lipinski definition) is 1. The van der Waals surface area contributed by atoms with Crippen molar-refractivity contribution in [3.8, 4) is 0 Å². The fourth-order valence-corrected chi connectivity index (χ4v) is 2.02. The van der Waals surface area contributed by atoms with Crippen molar-refractivity contribution < 1.29 is 8.78 Å². The van der Waals surface area contributed by atoms with E-state index in [9.17, 15) is 8.78 Å². The maximum atomic E-state index is 13.7. The summed E-state index contributed by atoms with van der Waals surface area (Å²) in [5.41, 5.74) is 6.42. The standard InChI is InChI=1S/C12H15F2N/c1-7-5-6-9(13)10(11(7)14)12(15)8-3-2-4-8/h5-6,8,12H,2-4,15H2,1H3/t12-/m0/s1. The molecule has 1 aliphatic carbocycles. The zero-order valence-electron chi connectivity index (χ0n) is 8.76. The van der Waals surface area contributed by atoms with Gasteiger partial charge in [-0.05, 0) is 37.3 Å². The molecule has 0 unspecified atom stereocenters. The molecular formula is C12H15F2N. The second-order valence-electron chi connectivity index (χ2n) is 4.31. The summed E-state index contributed by atoms with van der Waals surface area (Å²) in [7, 11) is 0. The van der Waals surface area contributed by atoms with Gasteiger partial charge in [0.15, 0.2) is 0 Å². The first-order valence-electron chi connectivity index (χ1n) is 5.31. The van der Waals surface area contributed by atoms with Crippen molar-refractivity contribution in [1.29, 1.82) is 0 Å². The normalized spacial score (nSPS) is 18.7. The van der Waals surface area contributed by atoms with Crippen LogP contribution in [0.15, 0.2) is 12.1 Å². The minimum atomic E-state index is -0.516. The molecule has 1 aliphatic rings. The van der Waals surface area contributed by atoms with Crippen LogP contribution in [-0.2, 0) is 0 Å². The molecule has 1 saturated carbocycles. The molecule has 1 aromatic rings. The number of rotatable bonds is 2. The summed E-state index contributed by atoms with van der Waals surface area (Å²) in [4.78, 5) is 0. The van der Waals surface area contributed by atoms with Crippen LogP contribution in [0.4, 0.5) is 8.78 Å². The van der Waals surface area contributed by atoms with Gasteiger partial charge >= 0.3 is 0 Å². The van der Waals surface area contributed by atoms with Gasteiger partial charge in [-0.25, -0.2) is 8.78 Å². The van der Waals surface area contributed by atoms with Crippen molar-refractivity contribution in [3.63, 3.8) is 0 Å². The largest absolute Gasteiger partial charge is 0.324 e. The molecule has 0 amide bonds. The Balaban J connectivity index is 2.36. The first kappa shape index (κ1) is 10.6. The quantitative estimate of drug-likeness (QED) is 0.799. The fraction of sp³-hybridized carbons (Fsp3) is 0.500. The Bertz CT molecular complexity index is 372. The van der Waals surface area contributed by atoms with Gasteiger partial charge in [-0.15, -0.1) is 0 Å². The highest BCUT2D eigenvalue weighted by Crippen LogP contribution is 2.38.